The van der Waals surface area contributed by atoms with Crippen molar-refractivity contribution in [1.29, 1.82) is 0 Å². The number of hydrogen-bond acceptors (Lipinski definition) is 5. The highest BCUT2D eigenvalue weighted by Crippen LogP contribution is 2.27. The van der Waals surface area contributed by atoms with Gasteiger partial charge < -0.3 is 9.64 Å². The molecule has 2 heterocycles. The molecule has 172 valence electrons. The Morgan fingerprint density at radius 1 is 1.06 bits per heavy atom. The molecule has 4 aromatic rings. The van der Waals surface area contributed by atoms with Crippen LogP contribution in [0, 0.1) is 0 Å². The molecule has 0 aliphatic rings. The zero-order valence-corrected chi connectivity index (χ0v) is 19.9. The number of aromatic nitrogens is 4. The second-order valence-electron chi connectivity index (χ2n) is 8.87. The number of aryl methyl sites for hydroxylation is 1. The summed E-state index contributed by atoms with van der Waals surface area (Å²) in [5.41, 5.74) is 4.43. The molecular weight excluding hydrogens is 414 g/mol. The molecule has 33 heavy (non-hydrogen) atoms. The van der Waals surface area contributed by atoms with Crippen molar-refractivity contribution in [3.05, 3.63) is 76.3 Å². The predicted octanol–water partition coefficient (Wildman–Crippen LogP) is 3.91. The maximum absolute atomic E-state index is 13.0. The quantitative estimate of drug-likeness (QED) is 0.411. The average molecular weight is 446 g/mol. The van der Waals surface area contributed by atoms with Gasteiger partial charge in [0.25, 0.3) is 0 Å². The predicted molar refractivity (Wildman–Crippen MR) is 132 cm³/mol. The van der Waals surface area contributed by atoms with Gasteiger partial charge in [-0.15, -0.1) is 0 Å². The number of hydrogen-bond donors (Lipinski definition) is 0. The Morgan fingerprint density at radius 3 is 2.48 bits per heavy atom. The van der Waals surface area contributed by atoms with E-state index >= 15 is 0 Å². The molecule has 0 aliphatic heterocycles. The Bertz CT molecular complexity index is 1300. The first-order valence-electron chi connectivity index (χ1n) is 11.2. The van der Waals surface area contributed by atoms with E-state index < -0.39 is 0 Å². The highest BCUT2D eigenvalue weighted by molar-refractivity contribution is 5.74. The Balaban J connectivity index is 1.66. The molecule has 2 aromatic heterocycles. The number of rotatable bonds is 8. The van der Waals surface area contributed by atoms with E-state index in [1.165, 1.54) is 5.56 Å². The third kappa shape index (κ3) is 4.83. The molecule has 4 rings (SSSR count). The lowest BCUT2D eigenvalue weighted by Crippen LogP contribution is -2.22. The number of imidazole rings is 1. The molecule has 0 saturated heterocycles. The van der Waals surface area contributed by atoms with E-state index in [9.17, 15) is 4.79 Å². The van der Waals surface area contributed by atoms with Crippen LogP contribution in [0.5, 0.6) is 5.75 Å². The van der Waals surface area contributed by atoms with Crippen LogP contribution in [-0.4, -0.2) is 51.2 Å². The van der Waals surface area contributed by atoms with Gasteiger partial charge in [0.05, 0.1) is 12.7 Å². The molecular formula is C26H31N5O2. The maximum Gasteiger partial charge on any atom is 0.330 e. The SMILES string of the molecule is CC(C)c1ccccc1-c1ncc2c(n1)n(Cc1ccc(OCCN(C)C)cc1)c(=O)n2C. The highest BCUT2D eigenvalue weighted by atomic mass is 16.5. The summed E-state index contributed by atoms with van der Waals surface area (Å²) in [5.74, 6) is 1.80. The minimum Gasteiger partial charge on any atom is -0.492 e. The minimum atomic E-state index is -0.111. The molecule has 0 spiro atoms. The van der Waals surface area contributed by atoms with Crippen molar-refractivity contribution in [3.8, 4) is 17.1 Å². The van der Waals surface area contributed by atoms with Gasteiger partial charge in [0.1, 0.15) is 17.9 Å². The summed E-state index contributed by atoms with van der Waals surface area (Å²) in [7, 11) is 5.80. The molecule has 0 N–H and O–H groups in total. The van der Waals surface area contributed by atoms with Gasteiger partial charge >= 0.3 is 5.69 Å². The van der Waals surface area contributed by atoms with Crippen molar-refractivity contribution in [2.45, 2.75) is 26.3 Å². The van der Waals surface area contributed by atoms with Gasteiger partial charge in [-0.2, -0.15) is 0 Å². The Morgan fingerprint density at radius 2 is 1.79 bits per heavy atom. The van der Waals surface area contributed by atoms with Crippen molar-refractivity contribution >= 4 is 11.2 Å². The van der Waals surface area contributed by atoms with Crippen LogP contribution in [-0.2, 0) is 13.6 Å². The summed E-state index contributed by atoms with van der Waals surface area (Å²) in [4.78, 5) is 24.5. The lowest BCUT2D eigenvalue weighted by molar-refractivity contribution is 0.261. The molecule has 0 atom stereocenters. The van der Waals surface area contributed by atoms with Gasteiger partial charge in [-0.1, -0.05) is 50.2 Å². The molecule has 7 nitrogen and oxygen atoms in total. The van der Waals surface area contributed by atoms with Crippen molar-refractivity contribution in [3.63, 3.8) is 0 Å². The summed E-state index contributed by atoms with van der Waals surface area (Å²) in [5, 5.41) is 0. The Kier molecular flexibility index (Phi) is 6.60. The van der Waals surface area contributed by atoms with E-state index in [-0.39, 0.29) is 5.69 Å². The van der Waals surface area contributed by atoms with Crippen molar-refractivity contribution in [2.75, 3.05) is 27.2 Å². The fourth-order valence-corrected chi connectivity index (χ4v) is 3.87. The second-order valence-corrected chi connectivity index (χ2v) is 8.87. The van der Waals surface area contributed by atoms with Crippen molar-refractivity contribution in [2.24, 2.45) is 7.05 Å². The second kappa shape index (κ2) is 9.58. The third-order valence-electron chi connectivity index (χ3n) is 5.78. The molecule has 2 aromatic carbocycles. The van der Waals surface area contributed by atoms with E-state index in [1.807, 2.05) is 56.6 Å². The maximum atomic E-state index is 13.0. The lowest BCUT2D eigenvalue weighted by atomic mass is 9.97. The molecule has 0 bridgehead atoms. The molecule has 7 heteroatoms. The van der Waals surface area contributed by atoms with Gasteiger partial charge in [0, 0.05) is 19.2 Å². The van der Waals surface area contributed by atoms with Gasteiger partial charge in [0.15, 0.2) is 11.5 Å². The first-order chi connectivity index (χ1) is 15.8. The monoisotopic (exact) mass is 445 g/mol. The van der Waals surface area contributed by atoms with Crippen LogP contribution >= 0.6 is 0 Å². The summed E-state index contributed by atoms with van der Waals surface area (Å²) < 4.78 is 9.09. The summed E-state index contributed by atoms with van der Waals surface area (Å²) in [6.45, 7) is 6.23. The van der Waals surface area contributed by atoms with E-state index in [0.717, 1.165) is 28.9 Å². The number of benzene rings is 2. The fraction of sp³-hybridized carbons (Fsp3) is 0.346. The summed E-state index contributed by atoms with van der Waals surface area (Å²) in [6, 6.07) is 16.0. The van der Waals surface area contributed by atoms with Crippen molar-refractivity contribution < 1.29 is 4.74 Å². The fourth-order valence-electron chi connectivity index (χ4n) is 3.87. The standard InChI is InChI=1S/C26H31N5O2/c1-18(2)21-8-6-7-9-22(21)24-27-16-23-25(28-24)31(26(32)30(23)5)17-19-10-12-20(13-11-19)33-15-14-29(3)4/h6-13,16,18H,14-15,17H2,1-5H3. The van der Waals surface area contributed by atoms with Gasteiger partial charge in [-0.25, -0.2) is 14.8 Å². The van der Waals surface area contributed by atoms with Crippen molar-refractivity contribution in [1.82, 2.24) is 24.0 Å². The normalized spacial score (nSPS) is 11.6. The smallest absolute Gasteiger partial charge is 0.330 e. The molecule has 0 amide bonds. The van der Waals surface area contributed by atoms with Gasteiger partial charge in [-0.05, 0) is 43.3 Å². The number of fused-ring (bicyclic) bond motifs is 1. The van der Waals surface area contributed by atoms with E-state index in [4.69, 9.17) is 9.72 Å². The minimum absolute atomic E-state index is 0.111. The number of likely N-dealkylation sites (N-methyl/N-ethyl adjacent to an activating group) is 1. The lowest BCUT2D eigenvalue weighted by Gasteiger charge is -2.12. The Labute approximate surface area is 194 Å². The van der Waals surface area contributed by atoms with Crippen LogP contribution in [0.4, 0.5) is 0 Å². The van der Waals surface area contributed by atoms with Crippen LogP contribution in [0.3, 0.4) is 0 Å². The van der Waals surface area contributed by atoms with E-state index in [2.05, 4.69) is 29.8 Å². The zero-order valence-electron chi connectivity index (χ0n) is 19.9. The number of ether oxygens (including phenoxy) is 1. The van der Waals surface area contributed by atoms with Crippen LogP contribution < -0.4 is 10.4 Å². The molecule has 0 saturated carbocycles. The van der Waals surface area contributed by atoms with E-state index in [0.29, 0.717) is 30.5 Å². The third-order valence-corrected chi connectivity index (χ3v) is 5.78. The molecule has 0 fully saturated rings. The largest absolute Gasteiger partial charge is 0.492 e. The van der Waals surface area contributed by atoms with Gasteiger partial charge in [0.2, 0.25) is 0 Å². The highest BCUT2D eigenvalue weighted by Gasteiger charge is 2.17. The average Bonchev–Trinajstić information content (AvgIpc) is 3.04. The Hall–Kier alpha value is -3.45. The van der Waals surface area contributed by atoms with Crippen LogP contribution in [0.2, 0.25) is 0 Å². The van der Waals surface area contributed by atoms with Crippen LogP contribution in [0.1, 0.15) is 30.9 Å². The van der Waals surface area contributed by atoms with Crippen LogP contribution in [0.15, 0.2) is 59.5 Å². The molecule has 0 aliphatic carbocycles. The summed E-state index contributed by atoms with van der Waals surface area (Å²) in [6.07, 6.45) is 1.74. The van der Waals surface area contributed by atoms with Crippen LogP contribution in [0.25, 0.3) is 22.6 Å². The number of nitrogens with zero attached hydrogens (tertiary/aromatic N) is 5. The first-order valence-corrected chi connectivity index (χ1v) is 11.2. The van der Waals surface area contributed by atoms with E-state index in [1.54, 1.807) is 22.4 Å². The summed E-state index contributed by atoms with van der Waals surface area (Å²) >= 11 is 0. The molecule has 0 radical (unpaired) electrons. The topological polar surface area (TPSA) is 65.2 Å². The molecule has 0 unspecified atom stereocenters. The van der Waals surface area contributed by atoms with Gasteiger partial charge in [-0.3, -0.25) is 9.13 Å². The zero-order chi connectivity index (χ0) is 23.5. The first kappa shape index (κ1) is 22.7.